The Hall–Kier alpha value is -3.65. The molecule has 164 valence electrons. The second-order valence-corrected chi connectivity index (χ2v) is 8.38. The highest BCUT2D eigenvalue weighted by Crippen LogP contribution is 2.29. The van der Waals surface area contributed by atoms with Gasteiger partial charge in [0.1, 0.15) is 0 Å². The lowest BCUT2D eigenvalue weighted by molar-refractivity contribution is -0.384. The van der Waals surface area contributed by atoms with Gasteiger partial charge >= 0.3 is 0 Å². The maximum absolute atomic E-state index is 12.8. The minimum absolute atomic E-state index is 0.0745. The lowest BCUT2D eigenvalue weighted by Gasteiger charge is -2.16. The maximum Gasteiger partial charge on any atom is 0.269 e. The van der Waals surface area contributed by atoms with Gasteiger partial charge in [-0.3, -0.25) is 19.7 Å². The van der Waals surface area contributed by atoms with Crippen LogP contribution < -0.4 is 10.6 Å². The Kier molecular flexibility index (Phi) is 7.62. The minimum atomic E-state index is -0.512. The average Bonchev–Trinajstić information content (AvgIpc) is 2.79. The topological polar surface area (TPSA) is 101 Å². The van der Waals surface area contributed by atoms with Gasteiger partial charge in [0.05, 0.1) is 10.2 Å². The van der Waals surface area contributed by atoms with Crippen LogP contribution in [0.25, 0.3) is 0 Å². The van der Waals surface area contributed by atoms with Crippen molar-refractivity contribution in [1.82, 2.24) is 0 Å². The van der Waals surface area contributed by atoms with Crippen LogP contribution in [0.4, 0.5) is 17.1 Å². The molecule has 3 aromatic carbocycles. The van der Waals surface area contributed by atoms with Crippen LogP contribution in [-0.2, 0) is 4.79 Å². The Morgan fingerprint density at radius 2 is 1.72 bits per heavy atom. The number of anilines is 2. The van der Waals surface area contributed by atoms with Gasteiger partial charge in [0.2, 0.25) is 5.91 Å². The van der Waals surface area contributed by atoms with E-state index in [-0.39, 0.29) is 22.8 Å². The molecule has 0 aliphatic rings. The number of thioether (sulfide) groups is 1. The molecule has 2 N–H and O–H groups in total. The minimum Gasteiger partial charge on any atom is -0.325 e. The van der Waals surface area contributed by atoms with E-state index in [1.54, 1.807) is 18.2 Å². The van der Waals surface area contributed by atoms with Crippen molar-refractivity contribution < 1.29 is 14.5 Å². The number of nitro groups is 1. The number of benzene rings is 3. The van der Waals surface area contributed by atoms with Gasteiger partial charge < -0.3 is 10.6 Å². The summed E-state index contributed by atoms with van der Waals surface area (Å²) < 4.78 is 0. The first-order valence-corrected chi connectivity index (χ1v) is 10.9. The van der Waals surface area contributed by atoms with Crippen molar-refractivity contribution in [1.29, 1.82) is 0 Å². The van der Waals surface area contributed by atoms with Gasteiger partial charge in [0.25, 0.3) is 11.6 Å². The number of hydrogen-bond acceptors (Lipinski definition) is 5. The fourth-order valence-electron chi connectivity index (χ4n) is 3.00. The van der Waals surface area contributed by atoms with Crippen molar-refractivity contribution in [2.24, 2.45) is 0 Å². The molecule has 0 heterocycles. The second kappa shape index (κ2) is 10.6. The van der Waals surface area contributed by atoms with E-state index in [0.29, 0.717) is 17.7 Å². The van der Waals surface area contributed by atoms with E-state index in [1.165, 1.54) is 36.0 Å². The molecule has 0 bridgehead atoms. The van der Waals surface area contributed by atoms with Crippen LogP contribution in [0.15, 0.2) is 77.7 Å². The lowest BCUT2D eigenvalue weighted by atomic mass is 10.2. The second-order valence-electron chi connectivity index (χ2n) is 7.10. The fraction of sp³-hybridized carbons (Fsp3) is 0.167. The van der Waals surface area contributed by atoms with Crippen LogP contribution in [0, 0.1) is 17.0 Å². The van der Waals surface area contributed by atoms with Crippen molar-refractivity contribution in [3.05, 3.63) is 94.0 Å². The fourth-order valence-corrected chi connectivity index (χ4v) is 4.01. The summed E-state index contributed by atoms with van der Waals surface area (Å²) in [5, 5.41) is 16.2. The van der Waals surface area contributed by atoms with E-state index in [0.717, 1.165) is 16.1 Å². The third kappa shape index (κ3) is 5.95. The summed E-state index contributed by atoms with van der Waals surface area (Å²) >= 11 is 1.43. The highest BCUT2D eigenvalue weighted by molar-refractivity contribution is 8.00. The van der Waals surface area contributed by atoms with Gasteiger partial charge in [-0.1, -0.05) is 31.2 Å². The van der Waals surface area contributed by atoms with Crippen molar-refractivity contribution in [3.8, 4) is 0 Å². The van der Waals surface area contributed by atoms with Crippen LogP contribution in [0.2, 0.25) is 0 Å². The molecular formula is C24H23N3O4S. The van der Waals surface area contributed by atoms with Crippen LogP contribution in [-0.4, -0.2) is 22.0 Å². The standard InChI is InChI=1S/C24H23N3O4S/c1-3-22(24(29)26-21-10-5-4-7-16(21)2)32-20-9-6-8-18(15-20)25-23(28)17-11-13-19(14-12-17)27(30)31/h4-15,22H,3H2,1-2H3,(H,25,28)(H,26,29). The third-order valence-electron chi connectivity index (χ3n) is 4.78. The normalized spacial score (nSPS) is 11.4. The zero-order valence-corrected chi connectivity index (χ0v) is 18.5. The number of rotatable bonds is 8. The number of para-hydroxylation sites is 1. The molecule has 2 amide bonds. The first kappa shape index (κ1) is 23.0. The van der Waals surface area contributed by atoms with Gasteiger partial charge in [-0.05, 0) is 55.3 Å². The molecule has 0 spiro atoms. The predicted octanol–water partition coefficient (Wildman–Crippen LogP) is 5.66. The number of amides is 2. The number of non-ortho nitro benzene ring substituents is 1. The van der Waals surface area contributed by atoms with E-state index in [9.17, 15) is 19.7 Å². The van der Waals surface area contributed by atoms with Crippen molar-refractivity contribution >= 4 is 40.6 Å². The van der Waals surface area contributed by atoms with E-state index in [2.05, 4.69) is 10.6 Å². The number of carbonyl (C=O) groups excluding carboxylic acids is 2. The summed E-state index contributed by atoms with van der Waals surface area (Å²) in [6, 6.07) is 20.3. The summed E-state index contributed by atoms with van der Waals surface area (Å²) in [5.41, 5.74) is 2.61. The summed E-state index contributed by atoms with van der Waals surface area (Å²) in [7, 11) is 0. The molecule has 1 unspecified atom stereocenters. The van der Waals surface area contributed by atoms with Crippen molar-refractivity contribution in [3.63, 3.8) is 0 Å². The van der Waals surface area contributed by atoms with E-state index in [1.807, 2.05) is 44.2 Å². The number of nitro benzene ring substituents is 1. The Morgan fingerprint density at radius 1 is 1.00 bits per heavy atom. The molecule has 32 heavy (non-hydrogen) atoms. The molecule has 3 aromatic rings. The molecule has 1 atom stereocenters. The van der Waals surface area contributed by atoms with Gasteiger partial charge in [-0.15, -0.1) is 11.8 Å². The number of carbonyl (C=O) groups is 2. The van der Waals surface area contributed by atoms with Crippen molar-refractivity contribution in [2.75, 3.05) is 10.6 Å². The highest BCUT2D eigenvalue weighted by atomic mass is 32.2. The molecular weight excluding hydrogens is 426 g/mol. The van der Waals surface area contributed by atoms with E-state index >= 15 is 0 Å². The van der Waals surface area contributed by atoms with Crippen LogP contribution >= 0.6 is 11.8 Å². The molecule has 0 aliphatic heterocycles. The molecule has 0 aliphatic carbocycles. The largest absolute Gasteiger partial charge is 0.325 e. The molecule has 0 radical (unpaired) electrons. The molecule has 7 nitrogen and oxygen atoms in total. The maximum atomic E-state index is 12.8. The Bertz CT molecular complexity index is 1130. The van der Waals surface area contributed by atoms with E-state index < -0.39 is 4.92 Å². The molecule has 0 saturated heterocycles. The molecule has 0 saturated carbocycles. The Morgan fingerprint density at radius 3 is 2.38 bits per heavy atom. The van der Waals surface area contributed by atoms with Crippen molar-refractivity contribution in [2.45, 2.75) is 30.4 Å². The quantitative estimate of drug-likeness (QED) is 0.262. The van der Waals surface area contributed by atoms with Crippen LogP contribution in [0.1, 0.15) is 29.3 Å². The number of hydrogen-bond donors (Lipinski definition) is 2. The van der Waals surface area contributed by atoms with Crippen LogP contribution in [0.5, 0.6) is 0 Å². The Balaban J connectivity index is 1.66. The predicted molar refractivity (Wildman–Crippen MR) is 127 cm³/mol. The zero-order chi connectivity index (χ0) is 23.1. The average molecular weight is 450 g/mol. The summed E-state index contributed by atoms with van der Waals surface area (Å²) in [5.74, 6) is -0.446. The summed E-state index contributed by atoms with van der Waals surface area (Å²) in [6.07, 6.45) is 0.641. The smallest absolute Gasteiger partial charge is 0.269 e. The Labute approximate surface area is 190 Å². The molecule has 0 aromatic heterocycles. The van der Waals surface area contributed by atoms with Gasteiger partial charge in [-0.25, -0.2) is 0 Å². The first-order valence-electron chi connectivity index (χ1n) is 10.1. The SMILES string of the molecule is CCC(Sc1cccc(NC(=O)c2ccc([N+](=O)[O-])cc2)c1)C(=O)Nc1ccccc1C. The monoisotopic (exact) mass is 449 g/mol. The number of nitrogens with one attached hydrogen (secondary N) is 2. The number of aryl methyl sites for hydroxylation is 1. The molecule has 8 heteroatoms. The summed E-state index contributed by atoms with van der Waals surface area (Å²) in [6.45, 7) is 3.90. The lowest BCUT2D eigenvalue weighted by Crippen LogP contribution is -2.24. The number of nitrogens with zero attached hydrogens (tertiary/aromatic N) is 1. The molecule has 0 fully saturated rings. The van der Waals surface area contributed by atoms with E-state index in [4.69, 9.17) is 0 Å². The first-order chi connectivity index (χ1) is 15.4. The van der Waals surface area contributed by atoms with Crippen LogP contribution in [0.3, 0.4) is 0 Å². The van der Waals surface area contributed by atoms with Gasteiger partial charge in [-0.2, -0.15) is 0 Å². The van der Waals surface area contributed by atoms with Gasteiger partial charge in [0, 0.05) is 34.0 Å². The molecule has 3 rings (SSSR count). The third-order valence-corrected chi connectivity index (χ3v) is 6.13. The summed E-state index contributed by atoms with van der Waals surface area (Å²) in [4.78, 5) is 36.3. The zero-order valence-electron chi connectivity index (χ0n) is 17.7. The van der Waals surface area contributed by atoms with Gasteiger partial charge in [0.15, 0.2) is 0 Å². The highest BCUT2D eigenvalue weighted by Gasteiger charge is 2.19.